The molecule has 0 atom stereocenters. The van der Waals surface area contributed by atoms with Crippen molar-refractivity contribution in [2.24, 2.45) is 0 Å². The second-order valence-corrected chi connectivity index (χ2v) is 3.54. The maximum Gasteiger partial charge on any atom is 0.0409 e. The topological polar surface area (TPSA) is 12.0 Å². The largest absolute Gasteiger partial charge is 0.267 e. The number of hydrogen-bond acceptors (Lipinski definition) is 2. The highest BCUT2D eigenvalue weighted by Gasteiger charge is 1.92. The lowest BCUT2D eigenvalue weighted by Gasteiger charge is -1.99. The van der Waals surface area contributed by atoms with Gasteiger partial charge in [0.25, 0.3) is 0 Å². The van der Waals surface area contributed by atoms with E-state index in [1.54, 1.807) is 11.9 Å². The van der Waals surface area contributed by atoms with Gasteiger partial charge in [0, 0.05) is 10.8 Å². The molecule has 11 heavy (non-hydrogen) atoms. The van der Waals surface area contributed by atoms with Gasteiger partial charge in [-0.3, -0.25) is 4.72 Å². The Morgan fingerprint density at radius 1 is 1.55 bits per heavy atom. The average Bonchev–Trinajstić information content (AvgIpc) is 2.01. The molecule has 1 nitrogen and oxygen atoms in total. The van der Waals surface area contributed by atoms with Crippen molar-refractivity contribution in [3.8, 4) is 0 Å². The van der Waals surface area contributed by atoms with Crippen LogP contribution in [-0.2, 0) is 5.75 Å². The SMILES string of the molecule is CNSCc1cccc(Cl)c1. The van der Waals surface area contributed by atoms with Crippen LogP contribution in [0.1, 0.15) is 5.56 Å². The summed E-state index contributed by atoms with van der Waals surface area (Å²) in [7, 11) is 1.91. The van der Waals surface area contributed by atoms with E-state index in [9.17, 15) is 0 Å². The van der Waals surface area contributed by atoms with Gasteiger partial charge >= 0.3 is 0 Å². The molecule has 0 aliphatic carbocycles. The van der Waals surface area contributed by atoms with Gasteiger partial charge in [0.15, 0.2) is 0 Å². The Bertz CT molecular complexity index is 227. The van der Waals surface area contributed by atoms with Gasteiger partial charge in [-0.05, 0) is 24.7 Å². The fraction of sp³-hybridized carbons (Fsp3) is 0.250. The van der Waals surface area contributed by atoms with Crippen molar-refractivity contribution in [1.29, 1.82) is 0 Å². The minimum Gasteiger partial charge on any atom is -0.267 e. The summed E-state index contributed by atoms with van der Waals surface area (Å²) < 4.78 is 3.01. The van der Waals surface area contributed by atoms with E-state index in [-0.39, 0.29) is 0 Å². The molecule has 0 aromatic heterocycles. The van der Waals surface area contributed by atoms with E-state index < -0.39 is 0 Å². The van der Waals surface area contributed by atoms with Gasteiger partial charge in [-0.15, -0.1) is 0 Å². The van der Waals surface area contributed by atoms with E-state index in [0.717, 1.165) is 10.8 Å². The fourth-order valence-corrected chi connectivity index (χ4v) is 1.49. The molecule has 0 saturated carbocycles. The molecule has 60 valence electrons. The van der Waals surface area contributed by atoms with E-state index in [0.29, 0.717) is 0 Å². The van der Waals surface area contributed by atoms with Crippen LogP contribution in [0, 0.1) is 0 Å². The van der Waals surface area contributed by atoms with E-state index in [4.69, 9.17) is 11.6 Å². The Balaban J connectivity index is 2.56. The lowest BCUT2D eigenvalue weighted by Crippen LogP contribution is -1.92. The summed E-state index contributed by atoms with van der Waals surface area (Å²) in [6.45, 7) is 0. The zero-order valence-electron chi connectivity index (χ0n) is 6.30. The van der Waals surface area contributed by atoms with Gasteiger partial charge in [-0.2, -0.15) is 0 Å². The second kappa shape index (κ2) is 4.65. The van der Waals surface area contributed by atoms with Gasteiger partial charge in [-0.25, -0.2) is 0 Å². The Kier molecular flexibility index (Phi) is 3.77. The molecule has 1 rings (SSSR count). The third kappa shape index (κ3) is 3.14. The van der Waals surface area contributed by atoms with Crippen molar-refractivity contribution in [3.05, 3.63) is 34.9 Å². The molecular weight excluding hydrogens is 178 g/mol. The fourth-order valence-electron chi connectivity index (χ4n) is 0.782. The molecule has 1 aromatic carbocycles. The summed E-state index contributed by atoms with van der Waals surface area (Å²) in [6.07, 6.45) is 0. The standard InChI is InChI=1S/C8H10ClNS/c1-10-11-6-7-3-2-4-8(9)5-7/h2-5,10H,6H2,1H3. The minimum atomic E-state index is 0.805. The second-order valence-electron chi connectivity index (χ2n) is 2.12. The first-order chi connectivity index (χ1) is 5.33. The Labute approximate surface area is 76.3 Å². The van der Waals surface area contributed by atoms with Crippen LogP contribution < -0.4 is 4.72 Å². The first kappa shape index (κ1) is 8.91. The van der Waals surface area contributed by atoms with Crippen molar-refractivity contribution in [1.82, 2.24) is 4.72 Å². The van der Waals surface area contributed by atoms with Crippen molar-refractivity contribution in [3.63, 3.8) is 0 Å². The molecule has 0 heterocycles. The quantitative estimate of drug-likeness (QED) is 0.731. The third-order valence-corrected chi connectivity index (χ3v) is 2.27. The molecular formula is C8H10ClNS. The van der Waals surface area contributed by atoms with Crippen LogP contribution in [0.3, 0.4) is 0 Å². The molecule has 1 aromatic rings. The van der Waals surface area contributed by atoms with E-state index >= 15 is 0 Å². The summed E-state index contributed by atoms with van der Waals surface area (Å²) in [6, 6.07) is 7.89. The van der Waals surface area contributed by atoms with Crippen molar-refractivity contribution in [2.45, 2.75) is 5.75 Å². The third-order valence-electron chi connectivity index (χ3n) is 1.27. The van der Waals surface area contributed by atoms with E-state index in [1.165, 1.54) is 5.56 Å². The van der Waals surface area contributed by atoms with Crippen molar-refractivity contribution < 1.29 is 0 Å². The number of hydrogen-bond donors (Lipinski definition) is 1. The molecule has 1 N–H and O–H groups in total. The normalized spacial score (nSPS) is 10.0. The average molecular weight is 188 g/mol. The van der Waals surface area contributed by atoms with Crippen molar-refractivity contribution >= 4 is 23.5 Å². The molecule has 0 bridgehead atoms. The Hall–Kier alpha value is -0.180. The monoisotopic (exact) mass is 187 g/mol. The molecule has 0 amide bonds. The molecule has 0 saturated heterocycles. The van der Waals surface area contributed by atoms with Crippen LogP contribution in [0.2, 0.25) is 5.02 Å². The number of nitrogens with one attached hydrogen (secondary N) is 1. The van der Waals surface area contributed by atoms with Crippen LogP contribution in [-0.4, -0.2) is 7.05 Å². The van der Waals surface area contributed by atoms with Gasteiger partial charge in [0.2, 0.25) is 0 Å². The van der Waals surface area contributed by atoms with Crippen LogP contribution in [0.5, 0.6) is 0 Å². The Morgan fingerprint density at radius 2 is 2.36 bits per heavy atom. The Morgan fingerprint density at radius 3 is 3.00 bits per heavy atom. The smallest absolute Gasteiger partial charge is 0.0409 e. The van der Waals surface area contributed by atoms with Crippen LogP contribution >= 0.6 is 23.5 Å². The highest BCUT2D eigenvalue weighted by atomic mass is 35.5. The van der Waals surface area contributed by atoms with Gasteiger partial charge in [0.05, 0.1) is 0 Å². The molecule has 0 radical (unpaired) electrons. The van der Waals surface area contributed by atoms with Crippen LogP contribution in [0.25, 0.3) is 0 Å². The lowest BCUT2D eigenvalue weighted by atomic mass is 10.2. The predicted molar refractivity (Wildman–Crippen MR) is 51.8 cm³/mol. The predicted octanol–water partition coefficient (Wildman–Crippen LogP) is 2.71. The van der Waals surface area contributed by atoms with Crippen LogP contribution in [0.15, 0.2) is 24.3 Å². The maximum atomic E-state index is 5.79. The highest BCUT2D eigenvalue weighted by Crippen LogP contribution is 2.14. The zero-order valence-corrected chi connectivity index (χ0v) is 7.88. The van der Waals surface area contributed by atoms with E-state index in [1.807, 2.05) is 25.2 Å². The maximum absolute atomic E-state index is 5.79. The van der Waals surface area contributed by atoms with Crippen molar-refractivity contribution in [2.75, 3.05) is 7.05 Å². The summed E-state index contributed by atoms with van der Waals surface area (Å²) in [5.74, 6) is 0.955. The molecule has 3 heteroatoms. The molecule has 0 spiro atoms. The lowest BCUT2D eigenvalue weighted by molar-refractivity contribution is 1.27. The summed E-state index contributed by atoms with van der Waals surface area (Å²) >= 11 is 7.46. The van der Waals surface area contributed by atoms with Gasteiger partial charge < -0.3 is 0 Å². The van der Waals surface area contributed by atoms with Gasteiger partial charge in [0.1, 0.15) is 0 Å². The molecule has 0 fully saturated rings. The number of rotatable bonds is 3. The minimum absolute atomic E-state index is 0.805. The number of benzene rings is 1. The van der Waals surface area contributed by atoms with Gasteiger partial charge in [-0.1, -0.05) is 35.7 Å². The molecule has 0 aliphatic heterocycles. The highest BCUT2D eigenvalue weighted by molar-refractivity contribution is 7.96. The first-order valence-electron chi connectivity index (χ1n) is 3.36. The molecule has 0 aliphatic rings. The number of halogens is 1. The van der Waals surface area contributed by atoms with Crippen LogP contribution in [0.4, 0.5) is 0 Å². The zero-order chi connectivity index (χ0) is 8.10. The summed E-state index contributed by atoms with van der Waals surface area (Å²) in [5, 5.41) is 0.805. The summed E-state index contributed by atoms with van der Waals surface area (Å²) in [5.41, 5.74) is 1.25. The molecule has 0 unspecified atom stereocenters. The van der Waals surface area contributed by atoms with E-state index in [2.05, 4.69) is 10.8 Å². The first-order valence-corrected chi connectivity index (χ1v) is 4.72. The summed E-state index contributed by atoms with van der Waals surface area (Å²) in [4.78, 5) is 0.